The van der Waals surface area contributed by atoms with Gasteiger partial charge in [-0.25, -0.2) is 4.98 Å². The molecule has 0 spiro atoms. The normalized spacial score (nSPS) is 12.2. The number of fused-ring (bicyclic) bond motifs is 1. The maximum Gasteiger partial charge on any atom is 0.159 e. The summed E-state index contributed by atoms with van der Waals surface area (Å²) < 4.78 is 12.2. The van der Waals surface area contributed by atoms with Crippen molar-refractivity contribution in [1.82, 2.24) is 14.6 Å². The maximum absolute atomic E-state index is 6.35. The highest BCUT2D eigenvalue weighted by Gasteiger charge is 2.15. The van der Waals surface area contributed by atoms with Crippen molar-refractivity contribution in [2.45, 2.75) is 19.9 Å². The Morgan fingerprint density at radius 1 is 1.27 bits per heavy atom. The Morgan fingerprint density at radius 3 is 2.77 bits per heavy atom. The summed E-state index contributed by atoms with van der Waals surface area (Å²) in [4.78, 5) is 4.66. The second-order valence-corrected chi connectivity index (χ2v) is 6.41. The summed E-state index contributed by atoms with van der Waals surface area (Å²) in [6.45, 7) is 4.61. The summed E-state index contributed by atoms with van der Waals surface area (Å²) in [5.41, 5.74) is 2.41. The van der Waals surface area contributed by atoms with Crippen LogP contribution in [0.3, 0.4) is 0 Å². The van der Waals surface area contributed by atoms with E-state index in [0.717, 1.165) is 22.7 Å². The van der Waals surface area contributed by atoms with E-state index in [1.807, 2.05) is 32.0 Å². The largest absolute Gasteiger partial charge is 0.497 e. The number of nitrogens with one attached hydrogen (secondary N) is 2. The molecule has 3 aromatic rings. The molecule has 1 atom stereocenters. The third-order valence-electron chi connectivity index (χ3n) is 4.00. The zero-order valence-electron chi connectivity index (χ0n) is 15.2. The lowest BCUT2D eigenvalue weighted by molar-refractivity contribution is 0.190. The molecular weight excluding hydrogens is 354 g/mol. The number of hydrogen-bond donors (Lipinski definition) is 2. The van der Waals surface area contributed by atoms with E-state index in [0.29, 0.717) is 23.2 Å². The molecule has 0 saturated carbocycles. The Bertz CT molecular complexity index is 912. The Morgan fingerprint density at radius 2 is 2.08 bits per heavy atom. The van der Waals surface area contributed by atoms with Gasteiger partial charge in [-0.15, -0.1) is 0 Å². The standard InChI is InChI=1S/C18H22ClN5O2/c1-11(10-25-3)21-18-12(2)17(23-16-7-8-20-24(16)18)22-15-6-5-13(26-4)9-14(15)19/h5-9,11,21H,10H2,1-4H3,(H,22,23). The van der Waals surface area contributed by atoms with Crippen molar-refractivity contribution >= 4 is 34.6 Å². The first-order valence-corrected chi connectivity index (χ1v) is 8.61. The molecule has 2 N–H and O–H groups in total. The Balaban J connectivity index is 1.99. The molecule has 0 amide bonds. The lowest BCUT2D eigenvalue weighted by atomic mass is 10.2. The number of methoxy groups -OCH3 is 2. The molecule has 138 valence electrons. The van der Waals surface area contributed by atoms with Gasteiger partial charge in [-0.05, 0) is 26.0 Å². The van der Waals surface area contributed by atoms with Crippen LogP contribution in [0.4, 0.5) is 17.3 Å². The van der Waals surface area contributed by atoms with Gasteiger partial charge in [0.05, 0.1) is 30.6 Å². The summed E-state index contributed by atoms with van der Waals surface area (Å²) in [7, 11) is 3.29. The summed E-state index contributed by atoms with van der Waals surface area (Å²) in [5.74, 6) is 2.26. The van der Waals surface area contributed by atoms with Crippen molar-refractivity contribution in [3.63, 3.8) is 0 Å². The summed E-state index contributed by atoms with van der Waals surface area (Å²) >= 11 is 6.35. The average molecular weight is 376 g/mol. The topological polar surface area (TPSA) is 72.7 Å². The molecular formula is C18H22ClN5O2. The molecule has 0 aliphatic rings. The van der Waals surface area contributed by atoms with Crippen molar-refractivity contribution in [3.8, 4) is 5.75 Å². The Labute approximate surface area is 157 Å². The van der Waals surface area contributed by atoms with Gasteiger partial charge in [0.1, 0.15) is 17.4 Å². The molecule has 8 heteroatoms. The van der Waals surface area contributed by atoms with E-state index >= 15 is 0 Å². The molecule has 0 aliphatic heterocycles. The van der Waals surface area contributed by atoms with Crippen LogP contribution in [0.5, 0.6) is 5.75 Å². The summed E-state index contributed by atoms with van der Waals surface area (Å²) in [6.07, 6.45) is 1.72. The van der Waals surface area contributed by atoms with Crippen molar-refractivity contribution in [3.05, 3.63) is 41.0 Å². The molecule has 0 saturated heterocycles. The Hall–Kier alpha value is -2.51. The van der Waals surface area contributed by atoms with Gasteiger partial charge in [0.2, 0.25) is 0 Å². The predicted octanol–water partition coefficient (Wildman–Crippen LogP) is 3.89. The monoisotopic (exact) mass is 375 g/mol. The first kappa shape index (κ1) is 18.3. The van der Waals surface area contributed by atoms with Crippen LogP contribution in [0.1, 0.15) is 12.5 Å². The maximum atomic E-state index is 6.35. The molecule has 2 heterocycles. The van der Waals surface area contributed by atoms with Gasteiger partial charge in [0, 0.05) is 30.8 Å². The van der Waals surface area contributed by atoms with Gasteiger partial charge in [0.25, 0.3) is 0 Å². The van der Waals surface area contributed by atoms with Crippen molar-refractivity contribution in [2.75, 3.05) is 31.5 Å². The van der Waals surface area contributed by atoms with Gasteiger partial charge in [-0.1, -0.05) is 11.6 Å². The zero-order valence-corrected chi connectivity index (χ0v) is 16.0. The number of rotatable bonds is 7. The Kier molecular flexibility index (Phi) is 5.49. The summed E-state index contributed by atoms with van der Waals surface area (Å²) in [5, 5.41) is 11.7. The van der Waals surface area contributed by atoms with Crippen LogP contribution in [-0.2, 0) is 4.74 Å². The van der Waals surface area contributed by atoms with E-state index in [1.165, 1.54) is 0 Å². The number of anilines is 3. The predicted molar refractivity (Wildman–Crippen MR) is 104 cm³/mol. The first-order chi connectivity index (χ1) is 12.5. The van der Waals surface area contributed by atoms with E-state index in [4.69, 9.17) is 21.1 Å². The molecule has 7 nitrogen and oxygen atoms in total. The molecule has 1 unspecified atom stereocenters. The van der Waals surface area contributed by atoms with Crippen LogP contribution in [0, 0.1) is 6.92 Å². The third-order valence-corrected chi connectivity index (χ3v) is 4.31. The first-order valence-electron chi connectivity index (χ1n) is 8.24. The van der Waals surface area contributed by atoms with E-state index in [9.17, 15) is 0 Å². The zero-order chi connectivity index (χ0) is 18.7. The highest BCUT2D eigenvalue weighted by atomic mass is 35.5. The third kappa shape index (κ3) is 3.68. The fraction of sp³-hybridized carbons (Fsp3) is 0.333. The van der Waals surface area contributed by atoms with E-state index in [-0.39, 0.29) is 6.04 Å². The molecule has 0 aliphatic carbocycles. The lowest BCUT2D eigenvalue weighted by Crippen LogP contribution is -2.23. The minimum absolute atomic E-state index is 0.117. The average Bonchev–Trinajstić information content (AvgIpc) is 3.08. The molecule has 0 radical (unpaired) electrons. The van der Waals surface area contributed by atoms with Crippen LogP contribution in [0.2, 0.25) is 5.02 Å². The minimum atomic E-state index is 0.117. The van der Waals surface area contributed by atoms with Crippen molar-refractivity contribution in [2.24, 2.45) is 0 Å². The van der Waals surface area contributed by atoms with Gasteiger partial charge in [-0.2, -0.15) is 9.61 Å². The van der Waals surface area contributed by atoms with E-state index < -0.39 is 0 Å². The molecule has 1 aromatic carbocycles. The van der Waals surface area contributed by atoms with Crippen molar-refractivity contribution in [1.29, 1.82) is 0 Å². The number of benzene rings is 1. The minimum Gasteiger partial charge on any atom is -0.497 e. The second kappa shape index (κ2) is 7.80. The number of hydrogen-bond acceptors (Lipinski definition) is 6. The number of aromatic nitrogens is 3. The van der Waals surface area contributed by atoms with Gasteiger partial charge < -0.3 is 20.1 Å². The molecule has 3 rings (SSSR count). The molecule has 0 bridgehead atoms. The smallest absolute Gasteiger partial charge is 0.159 e. The van der Waals surface area contributed by atoms with E-state index in [1.54, 1.807) is 31.0 Å². The number of nitrogens with zero attached hydrogens (tertiary/aromatic N) is 3. The van der Waals surface area contributed by atoms with Crippen LogP contribution >= 0.6 is 11.6 Å². The fourth-order valence-electron chi connectivity index (χ4n) is 2.69. The highest BCUT2D eigenvalue weighted by Crippen LogP contribution is 2.32. The highest BCUT2D eigenvalue weighted by molar-refractivity contribution is 6.33. The van der Waals surface area contributed by atoms with Crippen molar-refractivity contribution < 1.29 is 9.47 Å². The molecule has 26 heavy (non-hydrogen) atoms. The second-order valence-electron chi connectivity index (χ2n) is 6.01. The SMILES string of the molecule is COCC(C)Nc1c(C)c(Nc2ccc(OC)cc2Cl)nc2ccnn12. The summed E-state index contributed by atoms with van der Waals surface area (Å²) in [6, 6.07) is 7.44. The van der Waals surface area contributed by atoms with Crippen LogP contribution < -0.4 is 15.4 Å². The van der Waals surface area contributed by atoms with Gasteiger partial charge in [-0.3, -0.25) is 0 Å². The quantitative estimate of drug-likeness (QED) is 0.652. The van der Waals surface area contributed by atoms with Crippen LogP contribution in [-0.4, -0.2) is 41.5 Å². The molecule has 2 aromatic heterocycles. The van der Waals surface area contributed by atoms with Crippen LogP contribution in [0.25, 0.3) is 5.65 Å². The van der Waals surface area contributed by atoms with Crippen LogP contribution in [0.15, 0.2) is 30.5 Å². The lowest BCUT2D eigenvalue weighted by Gasteiger charge is -2.19. The number of ether oxygens (including phenoxy) is 2. The fourth-order valence-corrected chi connectivity index (χ4v) is 2.91. The van der Waals surface area contributed by atoms with Gasteiger partial charge in [0.15, 0.2) is 5.65 Å². The molecule has 0 fully saturated rings. The van der Waals surface area contributed by atoms with Gasteiger partial charge >= 0.3 is 0 Å². The van der Waals surface area contributed by atoms with E-state index in [2.05, 4.69) is 20.7 Å². The number of halogens is 1.